The summed E-state index contributed by atoms with van der Waals surface area (Å²) in [6, 6.07) is 8.14. The number of hydrogen-bond acceptors (Lipinski definition) is 3. The molecule has 1 amide bonds. The molecule has 0 spiro atoms. The molecule has 2 aromatic heterocycles. The molecule has 134 valence electrons. The quantitative estimate of drug-likeness (QED) is 0.752. The number of likely N-dealkylation sites (tertiary alicyclic amines) is 1. The Balaban J connectivity index is 1.55. The fraction of sp³-hybridized carbons (Fsp3) is 0.500. The van der Waals surface area contributed by atoms with Gasteiger partial charge in [0.1, 0.15) is 5.75 Å². The summed E-state index contributed by atoms with van der Waals surface area (Å²) in [4.78, 5) is 18.9. The van der Waals surface area contributed by atoms with Crippen molar-refractivity contribution in [1.82, 2.24) is 14.5 Å². The maximum Gasteiger partial charge on any atom is 0.223 e. The Bertz CT molecular complexity index is 669. The van der Waals surface area contributed by atoms with E-state index in [2.05, 4.69) is 39.8 Å². The molecule has 0 bridgehead atoms. The first-order valence-corrected chi connectivity index (χ1v) is 9.19. The van der Waals surface area contributed by atoms with E-state index in [4.69, 9.17) is 4.74 Å². The molecule has 0 saturated carbocycles. The smallest absolute Gasteiger partial charge is 0.223 e. The topological polar surface area (TPSA) is 47.4 Å². The minimum Gasteiger partial charge on any atom is -0.492 e. The van der Waals surface area contributed by atoms with E-state index < -0.39 is 0 Å². The first kappa shape index (κ1) is 17.5. The maximum atomic E-state index is 12.8. The summed E-state index contributed by atoms with van der Waals surface area (Å²) in [5.74, 6) is 0.995. The van der Waals surface area contributed by atoms with Gasteiger partial charge in [-0.1, -0.05) is 12.8 Å². The summed E-state index contributed by atoms with van der Waals surface area (Å²) in [6.07, 6.45) is 11.3. The highest BCUT2D eigenvalue weighted by Crippen LogP contribution is 2.30. The van der Waals surface area contributed by atoms with Crippen LogP contribution < -0.4 is 4.74 Å². The van der Waals surface area contributed by atoms with Crippen LogP contribution in [0.3, 0.4) is 0 Å². The molecule has 5 heteroatoms. The lowest BCUT2D eigenvalue weighted by atomic mass is 10.1. The normalized spacial score (nSPS) is 18.0. The molecule has 0 aliphatic carbocycles. The van der Waals surface area contributed by atoms with Crippen molar-refractivity contribution in [2.24, 2.45) is 7.05 Å². The number of aromatic nitrogens is 2. The van der Waals surface area contributed by atoms with Crippen molar-refractivity contribution in [2.75, 3.05) is 13.2 Å². The van der Waals surface area contributed by atoms with Crippen molar-refractivity contribution in [1.29, 1.82) is 0 Å². The van der Waals surface area contributed by atoms with E-state index in [0.717, 1.165) is 31.6 Å². The van der Waals surface area contributed by atoms with Gasteiger partial charge in [0.2, 0.25) is 5.91 Å². The Morgan fingerprint density at radius 1 is 1.28 bits per heavy atom. The highest BCUT2D eigenvalue weighted by molar-refractivity contribution is 5.76. The van der Waals surface area contributed by atoms with Crippen LogP contribution in [0.5, 0.6) is 5.75 Å². The third kappa shape index (κ3) is 4.62. The van der Waals surface area contributed by atoms with E-state index in [1.807, 2.05) is 12.1 Å². The molecule has 1 fully saturated rings. The molecular formula is C20H27N3O2. The summed E-state index contributed by atoms with van der Waals surface area (Å²) in [5, 5.41) is 0. The van der Waals surface area contributed by atoms with Gasteiger partial charge >= 0.3 is 0 Å². The Morgan fingerprint density at radius 2 is 2.20 bits per heavy atom. The molecule has 1 aliphatic rings. The van der Waals surface area contributed by atoms with Crippen LogP contribution in [0.4, 0.5) is 0 Å². The van der Waals surface area contributed by atoms with E-state index in [9.17, 15) is 4.79 Å². The number of ether oxygens (including phenoxy) is 1. The number of carbonyl (C=O) groups is 1. The summed E-state index contributed by atoms with van der Waals surface area (Å²) in [5.41, 5.74) is 1.24. The van der Waals surface area contributed by atoms with Crippen LogP contribution in [0.1, 0.15) is 50.3 Å². The molecule has 0 unspecified atom stereocenters. The third-order valence-electron chi connectivity index (χ3n) is 4.84. The molecule has 0 radical (unpaired) electrons. The van der Waals surface area contributed by atoms with Crippen LogP contribution in [0.15, 0.2) is 42.9 Å². The fourth-order valence-corrected chi connectivity index (χ4v) is 3.52. The molecule has 0 N–H and O–H groups in total. The van der Waals surface area contributed by atoms with Gasteiger partial charge in [-0.25, -0.2) is 0 Å². The van der Waals surface area contributed by atoms with E-state index in [0.29, 0.717) is 13.0 Å². The Morgan fingerprint density at radius 3 is 2.96 bits per heavy atom. The van der Waals surface area contributed by atoms with E-state index >= 15 is 0 Å². The van der Waals surface area contributed by atoms with Crippen molar-refractivity contribution < 1.29 is 9.53 Å². The van der Waals surface area contributed by atoms with Crippen LogP contribution in [-0.2, 0) is 11.8 Å². The van der Waals surface area contributed by atoms with Crippen molar-refractivity contribution in [2.45, 2.75) is 44.6 Å². The standard InChI is InChI=1S/C20H27N3O2/c1-22-13-6-10-18(22)19-9-3-2-4-14-23(19)20(24)11-7-15-25-17-8-5-12-21-16-17/h5-6,8,10,12-13,16,19H,2-4,7,9,11,14-15H2,1H3/t19-/m1/s1. The van der Waals surface area contributed by atoms with Crippen LogP contribution in [0, 0.1) is 0 Å². The van der Waals surface area contributed by atoms with Crippen molar-refractivity contribution in [3.8, 4) is 5.75 Å². The maximum absolute atomic E-state index is 12.8. The van der Waals surface area contributed by atoms with Crippen molar-refractivity contribution in [3.63, 3.8) is 0 Å². The Kier molecular flexibility index (Phi) is 6.09. The van der Waals surface area contributed by atoms with Gasteiger partial charge < -0.3 is 14.2 Å². The molecule has 0 aromatic carbocycles. The summed E-state index contributed by atoms with van der Waals surface area (Å²) < 4.78 is 7.79. The molecular weight excluding hydrogens is 314 g/mol. The number of pyridine rings is 1. The minimum absolute atomic E-state index is 0.203. The molecule has 3 heterocycles. The van der Waals surface area contributed by atoms with Gasteiger partial charge in [0, 0.05) is 38.1 Å². The first-order valence-electron chi connectivity index (χ1n) is 9.19. The van der Waals surface area contributed by atoms with Gasteiger partial charge in [-0.2, -0.15) is 0 Å². The zero-order chi connectivity index (χ0) is 17.5. The second kappa shape index (κ2) is 8.70. The zero-order valence-corrected chi connectivity index (χ0v) is 14.9. The average molecular weight is 341 g/mol. The predicted octanol–water partition coefficient (Wildman–Crippen LogP) is 3.72. The SMILES string of the molecule is Cn1cccc1[C@H]1CCCCCN1C(=O)CCCOc1cccnc1. The zero-order valence-electron chi connectivity index (χ0n) is 14.9. The van der Waals surface area contributed by atoms with Gasteiger partial charge in [0.05, 0.1) is 18.8 Å². The third-order valence-corrected chi connectivity index (χ3v) is 4.84. The van der Waals surface area contributed by atoms with Gasteiger partial charge in [0.25, 0.3) is 0 Å². The molecule has 1 atom stereocenters. The number of hydrogen-bond donors (Lipinski definition) is 0. The molecule has 1 saturated heterocycles. The van der Waals surface area contributed by atoms with Gasteiger partial charge in [-0.15, -0.1) is 0 Å². The largest absolute Gasteiger partial charge is 0.492 e. The fourth-order valence-electron chi connectivity index (χ4n) is 3.52. The number of nitrogens with zero attached hydrogens (tertiary/aromatic N) is 3. The predicted molar refractivity (Wildman–Crippen MR) is 97.3 cm³/mol. The van der Waals surface area contributed by atoms with Gasteiger partial charge in [0.15, 0.2) is 0 Å². The lowest BCUT2D eigenvalue weighted by Gasteiger charge is -2.30. The van der Waals surface area contributed by atoms with Crippen LogP contribution >= 0.6 is 0 Å². The second-order valence-electron chi connectivity index (χ2n) is 6.64. The average Bonchev–Trinajstić information content (AvgIpc) is 2.91. The highest BCUT2D eigenvalue weighted by atomic mass is 16.5. The monoisotopic (exact) mass is 341 g/mol. The summed E-state index contributed by atoms with van der Waals surface area (Å²) in [6.45, 7) is 1.40. The molecule has 3 rings (SSSR count). The molecule has 1 aliphatic heterocycles. The number of aryl methyl sites for hydroxylation is 1. The molecule has 25 heavy (non-hydrogen) atoms. The van der Waals surface area contributed by atoms with Crippen LogP contribution in [0.2, 0.25) is 0 Å². The lowest BCUT2D eigenvalue weighted by molar-refractivity contribution is -0.134. The Hall–Kier alpha value is -2.30. The first-order chi connectivity index (χ1) is 12.3. The molecule has 2 aromatic rings. The lowest BCUT2D eigenvalue weighted by Crippen LogP contribution is -2.35. The van der Waals surface area contributed by atoms with Crippen molar-refractivity contribution in [3.05, 3.63) is 48.5 Å². The number of carbonyl (C=O) groups excluding carboxylic acids is 1. The second-order valence-corrected chi connectivity index (χ2v) is 6.64. The van der Waals surface area contributed by atoms with E-state index in [-0.39, 0.29) is 11.9 Å². The van der Waals surface area contributed by atoms with Gasteiger partial charge in [-0.3, -0.25) is 9.78 Å². The van der Waals surface area contributed by atoms with Crippen LogP contribution in [0.25, 0.3) is 0 Å². The molecule has 5 nitrogen and oxygen atoms in total. The van der Waals surface area contributed by atoms with Crippen molar-refractivity contribution >= 4 is 5.91 Å². The van der Waals surface area contributed by atoms with Crippen LogP contribution in [-0.4, -0.2) is 33.5 Å². The summed E-state index contributed by atoms with van der Waals surface area (Å²) >= 11 is 0. The Labute approximate surface area is 149 Å². The van der Waals surface area contributed by atoms with E-state index in [1.165, 1.54) is 18.5 Å². The number of amides is 1. The summed E-state index contributed by atoms with van der Waals surface area (Å²) in [7, 11) is 2.06. The minimum atomic E-state index is 0.203. The number of rotatable bonds is 6. The highest BCUT2D eigenvalue weighted by Gasteiger charge is 2.27. The van der Waals surface area contributed by atoms with E-state index in [1.54, 1.807) is 12.4 Å². The van der Waals surface area contributed by atoms with Gasteiger partial charge in [-0.05, 0) is 43.5 Å².